The van der Waals surface area contributed by atoms with Crippen molar-refractivity contribution in [3.05, 3.63) is 81.1 Å². The number of ether oxygens (including phenoxy) is 2. The Hall–Kier alpha value is -3.83. The van der Waals surface area contributed by atoms with Crippen LogP contribution in [0.15, 0.2) is 58.4 Å². The Kier molecular flexibility index (Phi) is 6.61. The maximum Gasteiger partial charge on any atom is 0.269 e. The quantitative estimate of drug-likeness (QED) is 0.430. The molecule has 0 spiro atoms. The van der Waals surface area contributed by atoms with Crippen LogP contribution in [0.2, 0.25) is 0 Å². The average molecular weight is 456 g/mol. The van der Waals surface area contributed by atoms with E-state index >= 15 is 0 Å². The lowest BCUT2D eigenvalue weighted by atomic mass is 10.3. The molecule has 1 saturated heterocycles. The van der Waals surface area contributed by atoms with Gasteiger partial charge in [0.05, 0.1) is 60.8 Å². The summed E-state index contributed by atoms with van der Waals surface area (Å²) < 4.78 is 39.4. The molecule has 1 fully saturated rings. The first-order valence-electron chi connectivity index (χ1n) is 9.93. The van der Waals surface area contributed by atoms with Gasteiger partial charge in [0.25, 0.3) is 11.1 Å². The summed E-state index contributed by atoms with van der Waals surface area (Å²) in [6.07, 6.45) is 2.46. The third kappa shape index (κ3) is 4.99. The summed E-state index contributed by atoms with van der Waals surface area (Å²) >= 11 is 0. The fraction of sp³-hybridized carbons (Fsp3) is 0.227. The smallest absolute Gasteiger partial charge is 0.269 e. The number of carbonyl (C=O) groups excluding carboxylic acids is 1. The second-order valence-corrected chi connectivity index (χ2v) is 7.02. The van der Waals surface area contributed by atoms with Gasteiger partial charge in [0.2, 0.25) is 0 Å². The van der Waals surface area contributed by atoms with E-state index in [9.17, 15) is 23.2 Å². The first-order valence-corrected chi connectivity index (χ1v) is 9.93. The molecule has 5 rings (SSSR count). The Morgan fingerprint density at radius 2 is 1.39 bits per heavy atom. The van der Waals surface area contributed by atoms with E-state index in [-0.39, 0.29) is 18.6 Å². The van der Waals surface area contributed by atoms with Gasteiger partial charge in [0.1, 0.15) is 17.9 Å². The first kappa shape index (κ1) is 22.4. The molecular weight excluding hydrogens is 438 g/mol. The summed E-state index contributed by atoms with van der Waals surface area (Å²) in [4.78, 5) is 41.4. The van der Waals surface area contributed by atoms with Crippen molar-refractivity contribution < 1.29 is 23.0 Å². The number of nitrogens with zero attached hydrogens (tertiary/aromatic N) is 4. The predicted octanol–water partition coefficient (Wildman–Crippen LogP) is 1.64. The highest BCUT2D eigenvalue weighted by atomic mass is 19.1. The van der Waals surface area contributed by atoms with Crippen molar-refractivity contribution in [3.63, 3.8) is 0 Å². The van der Waals surface area contributed by atoms with E-state index in [1.807, 2.05) is 0 Å². The maximum atomic E-state index is 13.3. The average Bonchev–Trinajstić information content (AvgIpc) is 3.32. The molecule has 4 aromatic rings. The van der Waals surface area contributed by atoms with Gasteiger partial charge in [-0.15, -0.1) is 0 Å². The Morgan fingerprint density at radius 3 is 1.94 bits per heavy atom. The van der Waals surface area contributed by atoms with Crippen LogP contribution in [-0.2, 0) is 27.4 Å². The summed E-state index contributed by atoms with van der Waals surface area (Å²) in [7, 11) is 0. The first-order chi connectivity index (χ1) is 16.0. The lowest BCUT2D eigenvalue weighted by molar-refractivity contribution is -0.108. The normalized spacial score (nSPS) is 13.8. The van der Waals surface area contributed by atoms with E-state index in [1.165, 1.54) is 51.7 Å². The van der Waals surface area contributed by atoms with E-state index in [0.29, 0.717) is 41.6 Å². The van der Waals surface area contributed by atoms with Crippen LogP contribution in [-0.4, -0.2) is 44.9 Å². The molecule has 9 nitrogen and oxygen atoms in total. The zero-order valence-corrected chi connectivity index (χ0v) is 17.2. The largest absolute Gasteiger partial charge is 0.348 e. The van der Waals surface area contributed by atoms with Crippen molar-refractivity contribution in [2.45, 2.75) is 19.4 Å². The lowest BCUT2D eigenvalue weighted by Gasteiger charge is -2.13. The third-order valence-electron chi connectivity index (χ3n) is 4.90. The number of hydrogen-bond donors (Lipinski definition) is 0. The van der Waals surface area contributed by atoms with Gasteiger partial charge in [0.15, 0.2) is 6.29 Å². The van der Waals surface area contributed by atoms with Crippen molar-refractivity contribution in [1.29, 1.82) is 0 Å². The molecule has 33 heavy (non-hydrogen) atoms. The van der Waals surface area contributed by atoms with E-state index < -0.39 is 23.5 Å². The molecule has 2 aromatic heterocycles. The molecule has 2 aromatic carbocycles. The van der Waals surface area contributed by atoms with Crippen LogP contribution in [0.25, 0.3) is 22.1 Å². The van der Waals surface area contributed by atoms with Crippen LogP contribution in [0.4, 0.5) is 8.78 Å². The number of aromatic nitrogens is 4. The van der Waals surface area contributed by atoms with E-state index in [0.717, 1.165) is 6.20 Å². The monoisotopic (exact) mass is 456 g/mol. The van der Waals surface area contributed by atoms with E-state index in [1.54, 1.807) is 0 Å². The third-order valence-corrected chi connectivity index (χ3v) is 4.90. The summed E-state index contributed by atoms with van der Waals surface area (Å²) in [5.74, 6) is -0.869. The molecule has 170 valence electrons. The van der Waals surface area contributed by atoms with Crippen LogP contribution < -0.4 is 11.1 Å². The van der Waals surface area contributed by atoms with Gasteiger partial charge >= 0.3 is 0 Å². The second-order valence-electron chi connectivity index (χ2n) is 7.02. The molecule has 0 amide bonds. The highest BCUT2D eigenvalue weighted by Gasteiger charge is 2.18. The molecule has 0 unspecified atom stereocenters. The van der Waals surface area contributed by atoms with Gasteiger partial charge in [-0.1, -0.05) is 0 Å². The van der Waals surface area contributed by atoms with Crippen LogP contribution >= 0.6 is 0 Å². The highest BCUT2D eigenvalue weighted by molar-refractivity contribution is 5.75. The van der Waals surface area contributed by atoms with Crippen LogP contribution in [0, 0.1) is 11.6 Å². The van der Waals surface area contributed by atoms with Gasteiger partial charge < -0.3 is 18.8 Å². The van der Waals surface area contributed by atoms with Crippen LogP contribution in [0.5, 0.6) is 0 Å². The molecular formula is C22H18F2N4O5. The number of aldehydes is 1. The molecule has 0 saturated carbocycles. The van der Waals surface area contributed by atoms with Gasteiger partial charge in [-0.2, -0.15) is 0 Å². The molecule has 0 bridgehead atoms. The number of benzene rings is 2. The number of hydrogen-bond acceptors (Lipinski definition) is 7. The molecule has 1 aliphatic rings. The Morgan fingerprint density at radius 1 is 0.879 bits per heavy atom. The number of rotatable bonds is 4. The van der Waals surface area contributed by atoms with Gasteiger partial charge in [-0.3, -0.25) is 14.2 Å². The molecule has 1 aliphatic heterocycles. The van der Waals surface area contributed by atoms with Crippen LogP contribution in [0.1, 0.15) is 0 Å². The number of fused-ring (bicyclic) bond motifs is 2. The minimum absolute atomic E-state index is 0.0959. The fourth-order valence-electron chi connectivity index (χ4n) is 3.38. The fourth-order valence-corrected chi connectivity index (χ4v) is 3.38. The SMILES string of the molecule is O=CCn1c(=O)cnc2ccc(F)cc21.O=c1cnc2ccc(F)cc2n1CC1OCCO1. The molecule has 0 aliphatic carbocycles. The van der Waals surface area contributed by atoms with Gasteiger partial charge in [-0.05, 0) is 36.4 Å². The summed E-state index contributed by atoms with van der Waals surface area (Å²) in [5.41, 5.74) is 1.11. The van der Waals surface area contributed by atoms with Crippen molar-refractivity contribution in [3.8, 4) is 0 Å². The van der Waals surface area contributed by atoms with Gasteiger partial charge in [-0.25, -0.2) is 18.7 Å². The summed E-state index contributed by atoms with van der Waals surface area (Å²) in [6.45, 7) is 1.16. The van der Waals surface area contributed by atoms with Crippen molar-refractivity contribution >= 4 is 28.4 Å². The summed E-state index contributed by atoms with van der Waals surface area (Å²) in [6, 6.07) is 8.05. The standard InChI is InChI=1S/C12H11FN2O3.C10H7FN2O2/c13-8-1-2-9-10(5-8)15(11(16)6-14-9)7-12-17-3-4-18-12;11-7-1-2-8-9(5-7)13(3-4-14)10(15)6-12-8/h1-2,5-6,12H,3-4,7H2;1-2,4-6H,3H2. The number of halogens is 2. The zero-order valence-electron chi connectivity index (χ0n) is 17.2. The topological polar surface area (TPSA) is 105 Å². The molecule has 0 N–H and O–H groups in total. The van der Waals surface area contributed by atoms with Crippen molar-refractivity contribution in [2.75, 3.05) is 13.2 Å². The van der Waals surface area contributed by atoms with Crippen molar-refractivity contribution in [1.82, 2.24) is 19.1 Å². The maximum absolute atomic E-state index is 13.3. The van der Waals surface area contributed by atoms with E-state index in [4.69, 9.17) is 9.47 Å². The second kappa shape index (κ2) is 9.76. The Balaban J connectivity index is 0.000000160. The zero-order chi connectivity index (χ0) is 23.4. The minimum Gasteiger partial charge on any atom is -0.348 e. The predicted molar refractivity (Wildman–Crippen MR) is 114 cm³/mol. The molecule has 11 heteroatoms. The summed E-state index contributed by atoms with van der Waals surface area (Å²) in [5, 5.41) is 0. The van der Waals surface area contributed by atoms with E-state index in [2.05, 4.69) is 9.97 Å². The van der Waals surface area contributed by atoms with Gasteiger partial charge in [0, 0.05) is 0 Å². The molecule has 0 radical (unpaired) electrons. The number of carbonyl (C=O) groups is 1. The molecule has 0 atom stereocenters. The molecule has 3 heterocycles. The highest BCUT2D eigenvalue weighted by Crippen LogP contribution is 2.14. The lowest BCUT2D eigenvalue weighted by Crippen LogP contribution is -2.27. The Labute approximate surface area is 184 Å². The van der Waals surface area contributed by atoms with Crippen molar-refractivity contribution in [2.24, 2.45) is 0 Å². The minimum atomic E-state index is -0.463. The Bertz CT molecular complexity index is 1430. The van der Waals surface area contributed by atoms with Crippen LogP contribution in [0.3, 0.4) is 0 Å².